The molecule has 1 unspecified atom stereocenters. The summed E-state index contributed by atoms with van der Waals surface area (Å²) in [4.78, 5) is 2.51. The molecule has 2 aliphatic rings. The first kappa shape index (κ1) is 11.2. The highest BCUT2D eigenvalue weighted by Crippen LogP contribution is 2.29. The SMILES string of the molecule is NC(CN1Cc2ccccc2C1)C1CCCC1. The number of hydrogen-bond acceptors (Lipinski definition) is 2. The Bertz CT molecular complexity index is 357. The summed E-state index contributed by atoms with van der Waals surface area (Å²) < 4.78 is 0. The summed E-state index contributed by atoms with van der Waals surface area (Å²) in [7, 11) is 0. The van der Waals surface area contributed by atoms with Gasteiger partial charge in [-0.1, -0.05) is 37.1 Å². The van der Waals surface area contributed by atoms with Gasteiger partial charge in [0.25, 0.3) is 0 Å². The van der Waals surface area contributed by atoms with E-state index in [1.807, 2.05) is 0 Å². The zero-order valence-electron chi connectivity index (χ0n) is 10.4. The van der Waals surface area contributed by atoms with E-state index in [9.17, 15) is 0 Å². The lowest BCUT2D eigenvalue weighted by Gasteiger charge is -2.24. The van der Waals surface area contributed by atoms with E-state index in [1.165, 1.54) is 36.8 Å². The van der Waals surface area contributed by atoms with E-state index in [0.717, 1.165) is 25.6 Å². The normalized spacial score (nSPS) is 22.9. The first-order chi connectivity index (χ1) is 8.33. The zero-order valence-corrected chi connectivity index (χ0v) is 10.4. The second-order valence-electron chi connectivity index (χ2n) is 5.65. The van der Waals surface area contributed by atoms with Gasteiger partial charge in [-0.05, 0) is 29.9 Å². The summed E-state index contributed by atoms with van der Waals surface area (Å²) >= 11 is 0. The van der Waals surface area contributed by atoms with E-state index in [4.69, 9.17) is 5.73 Å². The fraction of sp³-hybridized carbons (Fsp3) is 0.600. The Kier molecular flexibility index (Phi) is 3.17. The Labute approximate surface area is 104 Å². The smallest absolute Gasteiger partial charge is 0.0241 e. The molecule has 1 aliphatic heterocycles. The predicted octanol–water partition coefficient (Wildman–Crippen LogP) is 2.52. The van der Waals surface area contributed by atoms with Gasteiger partial charge in [0.2, 0.25) is 0 Å². The number of rotatable bonds is 3. The van der Waals surface area contributed by atoms with Crippen molar-refractivity contribution in [3.8, 4) is 0 Å². The van der Waals surface area contributed by atoms with Crippen molar-refractivity contribution < 1.29 is 0 Å². The molecule has 0 spiro atoms. The van der Waals surface area contributed by atoms with Gasteiger partial charge in [0.05, 0.1) is 0 Å². The molecule has 0 aromatic heterocycles. The molecule has 1 fully saturated rings. The molecule has 2 N–H and O–H groups in total. The van der Waals surface area contributed by atoms with Crippen molar-refractivity contribution in [1.29, 1.82) is 0 Å². The van der Waals surface area contributed by atoms with E-state index >= 15 is 0 Å². The first-order valence-electron chi connectivity index (χ1n) is 6.87. The summed E-state index contributed by atoms with van der Waals surface area (Å²) in [5, 5.41) is 0. The molecule has 3 rings (SSSR count). The number of nitrogens with two attached hydrogens (primary N) is 1. The number of benzene rings is 1. The number of hydrogen-bond donors (Lipinski definition) is 1. The Morgan fingerprint density at radius 2 is 1.71 bits per heavy atom. The maximum atomic E-state index is 6.35. The van der Waals surface area contributed by atoms with Gasteiger partial charge in [0, 0.05) is 25.7 Å². The van der Waals surface area contributed by atoms with Crippen molar-refractivity contribution >= 4 is 0 Å². The topological polar surface area (TPSA) is 29.3 Å². The fourth-order valence-electron chi connectivity index (χ4n) is 3.37. The van der Waals surface area contributed by atoms with Crippen LogP contribution in [0.2, 0.25) is 0 Å². The lowest BCUT2D eigenvalue weighted by molar-refractivity contribution is 0.234. The molecular weight excluding hydrogens is 208 g/mol. The molecule has 1 aromatic carbocycles. The van der Waals surface area contributed by atoms with Crippen LogP contribution in [0.5, 0.6) is 0 Å². The quantitative estimate of drug-likeness (QED) is 0.864. The van der Waals surface area contributed by atoms with Gasteiger partial charge in [-0.15, -0.1) is 0 Å². The van der Waals surface area contributed by atoms with Crippen LogP contribution < -0.4 is 5.73 Å². The molecule has 0 radical (unpaired) electrons. The van der Waals surface area contributed by atoms with Gasteiger partial charge in [-0.2, -0.15) is 0 Å². The molecular formula is C15H22N2. The second-order valence-corrected chi connectivity index (χ2v) is 5.65. The second kappa shape index (κ2) is 4.79. The number of fused-ring (bicyclic) bond motifs is 1. The Morgan fingerprint density at radius 1 is 1.12 bits per heavy atom. The van der Waals surface area contributed by atoms with E-state index in [0.29, 0.717) is 6.04 Å². The Morgan fingerprint density at radius 3 is 2.29 bits per heavy atom. The van der Waals surface area contributed by atoms with E-state index < -0.39 is 0 Å². The predicted molar refractivity (Wildman–Crippen MR) is 70.5 cm³/mol. The standard InChI is InChI=1S/C15H22N2/c16-15(12-5-1-2-6-12)11-17-9-13-7-3-4-8-14(13)10-17/h3-4,7-8,12,15H,1-2,5-6,9-11,16H2. The highest BCUT2D eigenvalue weighted by Gasteiger charge is 2.26. The monoisotopic (exact) mass is 230 g/mol. The summed E-state index contributed by atoms with van der Waals surface area (Å²) in [6, 6.07) is 9.15. The molecule has 1 heterocycles. The van der Waals surface area contributed by atoms with Crippen LogP contribution >= 0.6 is 0 Å². The Hall–Kier alpha value is -0.860. The third-order valence-electron chi connectivity index (χ3n) is 4.38. The maximum absolute atomic E-state index is 6.35. The minimum Gasteiger partial charge on any atom is -0.326 e. The third kappa shape index (κ3) is 2.38. The molecule has 0 amide bonds. The van der Waals surface area contributed by atoms with Gasteiger partial charge in [0.15, 0.2) is 0 Å². The van der Waals surface area contributed by atoms with Crippen LogP contribution in [-0.2, 0) is 13.1 Å². The molecule has 1 atom stereocenters. The lowest BCUT2D eigenvalue weighted by atomic mass is 9.99. The van der Waals surface area contributed by atoms with Crippen molar-refractivity contribution in [3.63, 3.8) is 0 Å². The van der Waals surface area contributed by atoms with Gasteiger partial charge in [-0.25, -0.2) is 0 Å². The summed E-state index contributed by atoms with van der Waals surface area (Å²) in [5.74, 6) is 0.777. The fourth-order valence-corrected chi connectivity index (χ4v) is 3.37. The third-order valence-corrected chi connectivity index (χ3v) is 4.38. The van der Waals surface area contributed by atoms with E-state index in [1.54, 1.807) is 0 Å². The van der Waals surface area contributed by atoms with Crippen molar-refractivity contribution in [2.24, 2.45) is 11.7 Å². The van der Waals surface area contributed by atoms with Crippen LogP contribution in [0, 0.1) is 5.92 Å². The molecule has 1 aliphatic carbocycles. The van der Waals surface area contributed by atoms with Gasteiger partial charge in [-0.3, -0.25) is 4.90 Å². The average Bonchev–Trinajstić information content (AvgIpc) is 2.97. The summed E-state index contributed by atoms with van der Waals surface area (Å²) in [6.07, 6.45) is 5.47. The molecule has 1 saturated carbocycles. The Balaban J connectivity index is 1.58. The summed E-state index contributed by atoms with van der Waals surface area (Å²) in [5.41, 5.74) is 9.34. The van der Waals surface area contributed by atoms with Crippen molar-refractivity contribution in [2.75, 3.05) is 6.54 Å². The van der Waals surface area contributed by atoms with Crippen LogP contribution in [0.1, 0.15) is 36.8 Å². The lowest BCUT2D eigenvalue weighted by Crippen LogP contribution is -2.39. The minimum absolute atomic E-state index is 0.381. The van der Waals surface area contributed by atoms with Gasteiger partial charge in [0.1, 0.15) is 0 Å². The van der Waals surface area contributed by atoms with Crippen LogP contribution in [0.15, 0.2) is 24.3 Å². The molecule has 2 nitrogen and oxygen atoms in total. The molecule has 17 heavy (non-hydrogen) atoms. The van der Waals surface area contributed by atoms with Crippen LogP contribution in [-0.4, -0.2) is 17.5 Å². The van der Waals surface area contributed by atoms with E-state index in [-0.39, 0.29) is 0 Å². The van der Waals surface area contributed by atoms with Gasteiger partial charge >= 0.3 is 0 Å². The largest absolute Gasteiger partial charge is 0.326 e. The van der Waals surface area contributed by atoms with Crippen molar-refractivity contribution in [3.05, 3.63) is 35.4 Å². The van der Waals surface area contributed by atoms with Gasteiger partial charge < -0.3 is 5.73 Å². The van der Waals surface area contributed by atoms with Crippen LogP contribution in [0.3, 0.4) is 0 Å². The average molecular weight is 230 g/mol. The van der Waals surface area contributed by atoms with Crippen molar-refractivity contribution in [2.45, 2.75) is 44.8 Å². The number of nitrogens with zero attached hydrogens (tertiary/aromatic N) is 1. The van der Waals surface area contributed by atoms with Crippen molar-refractivity contribution in [1.82, 2.24) is 4.90 Å². The first-order valence-corrected chi connectivity index (χ1v) is 6.87. The molecule has 2 heteroatoms. The molecule has 92 valence electrons. The molecule has 1 aromatic rings. The maximum Gasteiger partial charge on any atom is 0.0241 e. The molecule has 0 saturated heterocycles. The summed E-state index contributed by atoms with van der Waals surface area (Å²) in [6.45, 7) is 3.26. The van der Waals surface area contributed by atoms with Crippen LogP contribution in [0.4, 0.5) is 0 Å². The highest BCUT2D eigenvalue weighted by molar-refractivity contribution is 5.30. The highest BCUT2D eigenvalue weighted by atomic mass is 15.1. The molecule has 0 bridgehead atoms. The van der Waals surface area contributed by atoms with E-state index in [2.05, 4.69) is 29.2 Å². The zero-order chi connectivity index (χ0) is 11.7. The minimum atomic E-state index is 0.381. The van der Waals surface area contributed by atoms with Crippen LogP contribution in [0.25, 0.3) is 0 Å².